The van der Waals surface area contributed by atoms with Gasteiger partial charge in [-0.3, -0.25) is 0 Å². The van der Waals surface area contributed by atoms with Crippen LogP contribution in [0.15, 0.2) is 18.6 Å². The molecule has 1 atom stereocenters. The van der Waals surface area contributed by atoms with Crippen LogP contribution in [0, 0.1) is 11.3 Å². The largest absolute Gasteiger partial charge is 0.369 e. The predicted octanol–water partition coefficient (Wildman–Crippen LogP) is 3.26. The summed E-state index contributed by atoms with van der Waals surface area (Å²) >= 11 is 0. The SMILES string of the molecule is CCNc1cn2ccnc2c(NCC(C)C(C)(C)C)n1. The fourth-order valence-corrected chi connectivity index (χ4v) is 1.87. The lowest BCUT2D eigenvalue weighted by Gasteiger charge is -2.27. The van der Waals surface area contributed by atoms with E-state index >= 15 is 0 Å². The third kappa shape index (κ3) is 3.21. The molecule has 0 radical (unpaired) electrons. The Bertz CT molecular complexity index is 567. The van der Waals surface area contributed by atoms with E-state index in [-0.39, 0.29) is 5.41 Å². The maximum atomic E-state index is 4.61. The first-order valence-electron chi connectivity index (χ1n) is 7.23. The van der Waals surface area contributed by atoms with Crippen LogP contribution in [0.1, 0.15) is 34.6 Å². The van der Waals surface area contributed by atoms with Gasteiger partial charge in [0.2, 0.25) is 0 Å². The number of hydrogen-bond donors (Lipinski definition) is 2. The molecule has 2 aromatic rings. The summed E-state index contributed by atoms with van der Waals surface area (Å²) in [6.07, 6.45) is 5.70. The maximum Gasteiger partial charge on any atom is 0.180 e. The van der Waals surface area contributed by atoms with Crippen molar-refractivity contribution >= 4 is 17.3 Å². The molecule has 0 amide bonds. The Morgan fingerprint density at radius 1 is 1.30 bits per heavy atom. The van der Waals surface area contributed by atoms with E-state index in [1.54, 1.807) is 6.20 Å². The second-order valence-electron chi connectivity index (χ2n) is 6.31. The molecule has 0 aliphatic heterocycles. The van der Waals surface area contributed by atoms with Gasteiger partial charge in [-0.05, 0) is 18.3 Å². The van der Waals surface area contributed by atoms with E-state index < -0.39 is 0 Å². The molecular weight excluding hydrogens is 250 g/mol. The van der Waals surface area contributed by atoms with Crippen LogP contribution in [0.25, 0.3) is 5.65 Å². The lowest BCUT2D eigenvalue weighted by Crippen LogP contribution is -2.25. The highest BCUT2D eigenvalue weighted by molar-refractivity contribution is 5.65. The van der Waals surface area contributed by atoms with E-state index in [9.17, 15) is 0 Å². The van der Waals surface area contributed by atoms with Crippen molar-refractivity contribution in [3.63, 3.8) is 0 Å². The van der Waals surface area contributed by atoms with Gasteiger partial charge in [-0.2, -0.15) is 0 Å². The minimum atomic E-state index is 0.276. The van der Waals surface area contributed by atoms with Crippen molar-refractivity contribution in [2.45, 2.75) is 34.6 Å². The van der Waals surface area contributed by atoms with Gasteiger partial charge in [0.05, 0.1) is 6.20 Å². The van der Waals surface area contributed by atoms with Crippen LogP contribution in [0.2, 0.25) is 0 Å². The van der Waals surface area contributed by atoms with Gasteiger partial charge in [0.25, 0.3) is 0 Å². The maximum absolute atomic E-state index is 4.61. The highest BCUT2D eigenvalue weighted by Gasteiger charge is 2.20. The van der Waals surface area contributed by atoms with Crippen LogP contribution in [0.4, 0.5) is 11.6 Å². The van der Waals surface area contributed by atoms with Crippen molar-refractivity contribution in [2.75, 3.05) is 23.7 Å². The number of fused-ring (bicyclic) bond motifs is 1. The average molecular weight is 275 g/mol. The number of nitrogens with zero attached hydrogens (tertiary/aromatic N) is 3. The van der Waals surface area contributed by atoms with Crippen molar-refractivity contribution in [3.8, 4) is 0 Å². The van der Waals surface area contributed by atoms with E-state index in [2.05, 4.69) is 55.2 Å². The summed E-state index contributed by atoms with van der Waals surface area (Å²) in [7, 11) is 0. The van der Waals surface area contributed by atoms with Gasteiger partial charge >= 0.3 is 0 Å². The second-order valence-corrected chi connectivity index (χ2v) is 6.31. The molecule has 20 heavy (non-hydrogen) atoms. The molecule has 5 nitrogen and oxygen atoms in total. The summed E-state index contributed by atoms with van der Waals surface area (Å²) in [5.41, 5.74) is 1.14. The number of hydrogen-bond acceptors (Lipinski definition) is 4. The molecule has 2 aromatic heterocycles. The third-order valence-electron chi connectivity index (χ3n) is 3.79. The summed E-state index contributed by atoms with van der Waals surface area (Å²) in [6.45, 7) is 12.8. The zero-order valence-corrected chi connectivity index (χ0v) is 13.1. The van der Waals surface area contributed by atoms with Crippen molar-refractivity contribution < 1.29 is 0 Å². The van der Waals surface area contributed by atoms with Crippen LogP contribution < -0.4 is 10.6 Å². The lowest BCUT2D eigenvalue weighted by molar-refractivity contribution is 0.274. The molecule has 0 aromatic carbocycles. The van der Waals surface area contributed by atoms with Crippen molar-refractivity contribution in [1.82, 2.24) is 14.4 Å². The quantitative estimate of drug-likeness (QED) is 0.879. The van der Waals surface area contributed by atoms with E-state index in [1.165, 1.54) is 0 Å². The number of aromatic nitrogens is 3. The predicted molar refractivity (Wildman–Crippen MR) is 84.3 cm³/mol. The second kappa shape index (κ2) is 5.69. The first kappa shape index (κ1) is 14.6. The van der Waals surface area contributed by atoms with Crippen molar-refractivity contribution in [1.29, 1.82) is 0 Å². The smallest absolute Gasteiger partial charge is 0.180 e. The molecule has 0 saturated carbocycles. The van der Waals surface area contributed by atoms with Crippen LogP contribution in [0.3, 0.4) is 0 Å². The topological polar surface area (TPSA) is 54.2 Å². The molecule has 0 aliphatic carbocycles. The van der Waals surface area contributed by atoms with Crippen molar-refractivity contribution in [2.24, 2.45) is 11.3 Å². The van der Waals surface area contributed by atoms with E-state index in [0.29, 0.717) is 5.92 Å². The fourth-order valence-electron chi connectivity index (χ4n) is 1.87. The van der Waals surface area contributed by atoms with Crippen LogP contribution in [0.5, 0.6) is 0 Å². The van der Waals surface area contributed by atoms with Gasteiger partial charge < -0.3 is 15.0 Å². The molecule has 0 bridgehead atoms. The molecular formula is C15H25N5. The van der Waals surface area contributed by atoms with E-state index in [1.807, 2.05) is 16.8 Å². The summed E-state index contributed by atoms with van der Waals surface area (Å²) in [4.78, 5) is 8.98. The Kier molecular flexibility index (Phi) is 4.16. The van der Waals surface area contributed by atoms with Gasteiger partial charge in [-0.15, -0.1) is 0 Å². The first-order chi connectivity index (χ1) is 9.41. The van der Waals surface area contributed by atoms with Crippen molar-refractivity contribution in [3.05, 3.63) is 18.6 Å². The fraction of sp³-hybridized carbons (Fsp3) is 0.600. The molecule has 2 rings (SSSR count). The monoisotopic (exact) mass is 275 g/mol. The molecule has 0 aliphatic rings. The molecule has 1 unspecified atom stereocenters. The number of rotatable bonds is 5. The Morgan fingerprint density at radius 3 is 2.70 bits per heavy atom. The number of imidazole rings is 1. The standard InChI is InChI=1S/C15H25N5/c1-6-16-12-10-20-8-7-17-14(20)13(19-12)18-9-11(2)15(3,4)5/h7-8,10-11,16H,6,9H2,1-5H3,(H,18,19). The molecule has 2 N–H and O–H groups in total. The number of anilines is 2. The highest BCUT2D eigenvalue weighted by atomic mass is 15.1. The number of nitrogens with one attached hydrogen (secondary N) is 2. The molecule has 0 spiro atoms. The molecule has 0 fully saturated rings. The first-order valence-corrected chi connectivity index (χ1v) is 7.23. The van der Waals surface area contributed by atoms with E-state index in [0.717, 1.165) is 30.4 Å². The average Bonchev–Trinajstić information content (AvgIpc) is 2.83. The molecule has 110 valence electrons. The third-order valence-corrected chi connectivity index (χ3v) is 3.79. The van der Waals surface area contributed by atoms with Gasteiger partial charge in [-0.1, -0.05) is 27.7 Å². The zero-order chi connectivity index (χ0) is 14.8. The minimum Gasteiger partial charge on any atom is -0.369 e. The van der Waals surface area contributed by atoms with Gasteiger partial charge in [-0.25, -0.2) is 9.97 Å². The summed E-state index contributed by atoms with van der Waals surface area (Å²) in [5, 5.41) is 6.69. The van der Waals surface area contributed by atoms with Crippen LogP contribution in [-0.2, 0) is 0 Å². The normalized spacial score (nSPS) is 13.4. The zero-order valence-electron chi connectivity index (χ0n) is 13.1. The van der Waals surface area contributed by atoms with Crippen LogP contribution >= 0.6 is 0 Å². The summed E-state index contributed by atoms with van der Waals surface area (Å²) < 4.78 is 2.00. The Hall–Kier alpha value is -1.78. The lowest BCUT2D eigenvalue weighted by atomic mass is 9.82. The minimum absolute atomic E-state index is 0.276. The Labute approximate surface area is 120 Å². The Morgan fingerprint density at radius 2 is 2.05 bits per heavy atom. The summed E-state index contributed by atoms with van der Waals surface area (Å²) in [6, 6.07) is 0. The highest BCUT2D eigenvalue weighted by Crippen LogP contribution is 2.26. The van der Waals surface area contributed by atoms with Crippen LogP contribution in [-0.4, -0.2) is 27.5 Å². The molecule has 0 saturated heterocycles. The summed E-state index contributed by atoms with van der Waals surface area (Å²) in [5.74, 6) is 2.25. The van der Waals surface area contributed by atoms with Gasteiger partial charge in [0.15, 0.2) is 11.5 Å². The van der Waals surface area contributed by atoms with Gasteiger partial charge in [0, 0.05) is 25.5 Å². The molecule has 5 heteroatoms. The Balaban J connectivity index is 2.21. The van der Waals surface area contributed by atoms with E-state index in [4.69, 9.17) is 0 Å². The van der Waals surface area contributed by atoms with Gasteiger partial charge in [0.1, 0.15) is 5.82 Å². The molecule has 2 heterocycles.